The van der Waals surface area contributed by atoms with Gasteiger partial charge in [-0.3, -0.25) is 0 Å². The summed E-state index contributed by atoms with van der Waals surface area (Å²) in [7, 11) is 0. The smallest absolute Gasteiger partial charge is 0.161 e. The molecule has 0 unspecified atom stereocenters. The molecule has 0 saturated heterocycles. The average molecular weight is 255 g/mol. The van der Waals surface area contributed by atoms with E-state index in [4.69, 9.17) is 5.26 Å². The summed E-state index contributed by atoms with van der Waals surface area (Å²) in [4.78, 5) is 7.09. The Labute approximate surface area is 107 Å². The van der Waals surface area contributed by atoms with Crippen molar-refractivity contribution in [2.75, 3.05) is 0 Å². The lowest BCUT2D eigenvalue weighted by Crippen LogP contribution is -1.82. The third kappa shape index (κ3) is 1.93. The minimum atomic E-state index is -0.934. The molecule has 0 aliphatic heterocycles. The van der Waals surface area contributed by atoms with E-state index in [0.717, 1.165) is 12.1 Å². The van der Waals surface area contributed by atoms with Gasteiger partial charge < -0.3 is 4.98 Å². The van der Waals surface area contributed by atoms with Crippen LogP contribution in [0.2, 0.25) is 0 Å². The fourth-order valence-electron chi connectivity index (χ4n) is 1.88. The molecule has 92 valence electrons. The number of halogens is 2. The fourth-order valence-corrected chi connectivity index (χ4v) is 1.88. The Bertz CT molecular complexity index is 776. The van der Waals surface area contributed by atoms with E-state index in [0.29, 0.717) is 28.0 Å². The number of nitrogens with one attached hydrogen (secondary N) is 1. The quantitative estimate of drug-likeness (QED) is 0.724. The molecule has 3 aromatic rings. The second kappa shape index (κ2) is 4.18. The number of aromatic amines is 1. The first kappa shape index (κ1) is 11.4. The number of hydrogen-bond acceptors (Lipinski definition) is 2. The molecule has 0 aliphatic carbocycles. The number of hydrogen-bond donors (Lipinski definition) is 1. The van der Waals surface area contributed by atoms with Gasteiger partial charge in [0.15, 0.2) is 11.6 Å². The molecule has 1 N–H and O–H groups in total. The Kier molecular flexibility index (Phi) is 2.50. The van der Waals surface area contributed by atoms with Crippen LogP contribution in [-0.4, -0.2) is 9.97 Å². The third-order valence-electron chi connectivity index (χ3n) is 2.79. The van der Waals surface area contributed by atoms with Crippen LogP contribution < -0.4 is 0 Å². The molecule has 1 heterocycles. The van der Waals surface area contributed by atoms with Crippen LogP contribution >= 0.6 is 0 Å². The Hall–Kier alpha value is -2.74. The normalized spacial score (nSPS) is 10.6. The van der Waals surface area contributed by atoms with Gasteiger partial charge in [-0.2, -0.15) is 5.26 Å². The lowest BCUT2D eigenvalue weighted by Gasteiger charge is -1.96. The predicted octanol–water partition coefficient (Wildman–Crippen LogP) is 3.38. The summed E-state index contributed by atoms with van der Waals surface area (Å²) in [6.45, 7) is 0. The van der Waals surface area contributed by atoms with Gasteiger partial charge in [-0.15, -0.1) is 0 Å². The van der Waals surface area contributed by atoms with Crippen molar-refractivity contribution in [3.8, 4) is 17.5 Å². The van der Waals surface area contributed by atoms with E-state index in [1.54, 1.807) is 24.3 Å². The van der Waals surface area contributed by atoms with E-state index in [9.17, 15) is 8.78 Å². The molecule has 3 nitrogen and oxygen atoms in total. The summed E-state index contributed by atoms with van der Waals surface area (Å²) < 4.78 is 26.2. The van der Waals surface area contributed by atoms with Crippen LogP contribution in [0.1, 0.15) is 5.56 Å². The number of aromatic nitrogens is 2. The first-order valence-corrected chi connectivity index (χ1v) is 5.52. The third-order valence-corrected chi connectivity index (χ3v) is 2.79. The maximum absolute atomic E-state index is 13.1. The topological polar surface area (TPSA) is 52.5 Å². The largest absolute Gasteiger partial charge is 0.338 e. The van der Waals surface area contributed by atoms with Crippen molar-refractivity contribution in [3.05, 3.63) is 53.6 Å². The van der Waals surface area contributed by atoms with Crippen molar-refractivity contribution in [1.29, 1.82) is 5.26 Å². The Morgan fingerprint density at radius 3 is 2.68 bits per heavy atom. The van der Waals surface area contributed by atoms with E-state index in [1.807, 2.05) is 6.07 Å². The van der Waals surface area contributed by atoms with Gasteiger partial charge in [-0.1, -0.05) is 12.1 Å². The zero-order valence-corrected chi connectivity index (χ0v) is 9.61. The minimum Gasteiger partial charge on any atom is -0.338 e. The Balaban J connectivity index is 2.18. The highest BCUT2D eigenvalue weighted by molar-refractivity contribution is 5.79. The van der Waals surface area contributed by atoms with Gasteiger partial charge in [0.05, 0.1) is 22.7 Å². The van der Waals surface area contributed by atoms with Crippen LogP contribution in [0.5, 0.6) is 0 Å². The number of nitriles is 1. The van der Waals surface area contributed by atoms with Crippen molar-refractivity contribution < 1.29 is 8.78 Å². The van der Waals surface area contributed by atoms with Gasteiger partial charge >= 0.3 is 0 Å². The highest BCUT2D eigenvalue weighted by Gasteiger charge is 2.10. The molecule has 1 aromatic heterocycles. The predicted molar refractivity (Wildman–Crippen MR) is 66.2 cm³/mol. The van der Waals surface area contributed by atoms with Crippen LogP contribution in [-0.2, 0) is 0 Å². The summed E-state index contributed by atoms with van der Waals surface area (Å²) in [5.74, 6) is -1.39. The number of benzene rings is 2. The van der Waals surface area contributed by atoms with Gasteiger partial charge in [0.2, 0.25) is 0 Å². The van der Waals surface area contributed by atoms with Gasteiger partial charge in [0.1, 0.15) is 5.82 Å². The molecular formula is C14H7F2N3. The molecule has 5 heteroatoms. The second-order valence-corrected chi connectivity index (χ2v) is 4.06. The number of nitrogens with zero attached hydrogens (tertiary/aromatic N) is 2. The van der Waals surface area contributed by atoms with Crippen LogP contribution in [0.15, 0.2) is 36.4 Å². The van der Waals surface area contributed by atoms with Gasteiger partial charge in [-0.05, 0) is 12.1 Å². The standard InChI is InChI=1S/C14H7F2N3/c15-10-5-12-13(6-11(10)16)19-14(18-12)9-3-1-2-8(4-9)7-17/h1-6H,(H,18,19). The summed E-state index contributed by atoms with van der Waals surface area (Å²) in [6, 6.07) is 11.0. The maximum Gasteiger partial charge on any atom is 0.161 e. The number of fused-ring (bicyclic) bond motifs is 1. The molecule has 0 radical (unpaired) electrons. The van der Waals surface area contributed by atoms with Gasteiger partial charge in [0.25, 0.3) is 0 Å². The lowest BCUT2D eigenvalue weighted by atomic mass is 10.1. The van der Waals surface area contributed by atoms with Gasteiger partial charge in [-0.25, -0.2) is 13.8 Å². The second-order valence-electron chi connectivity index (χ2n) is 4.06. The fraction of sp³-hybridized carbons (Fsp3) is 0. The van der Waals surface area contributed by atoms with Crippen molar-refractivity contribution in [3.63, 3.8) is 0 Å². The van der Waals surface area contributed by atoms with Crippen LogP contribution in [0.25, 0.3) is 22.4 Å². The first-order valence-electron chi connectivity index (χ1n) is 5.52. The SMILES string of the molecule is N#Cc1cccc(-c2nc3cc(F)c(F)cc3[nH]2)c1. The number of rotatable bonds is 1. The van der Waals surface area contributed by atoms with Crippen molar-refractivity contribution in [2.24, 2.45) is 0 Å². The van der Waals surface area contributed by atoms with Crippen LogP contribution in [0.4, 0.5) is 8.78 Å². The number of imidazole rings is 1. The zero-order chi connectivity index (χ0) is 13.4. The monoisotopic (exact) mass is 255 g/mol. The van der Waals surface area contributed by atoms with E-state index < -0.39 is 11.6 Å². The molecule has 19 heavy (non-hydrogen) atoms. The molecule has 0 spiro atoms. The summed E-state index contributed by atoms with van der Waals surface area (Å²) >= 11 is 0. The number of H-pyrrole nitrogens is 1. The maximum atomic E-state index is 13.1. The zero-order valence-electron chi connectivity index (χ0n) is 9.61. The van der Waals surface area contributed by atoms with E-state index in [-0.39, 0.29) is 0 Å². The molecule has 0 atom stereocenters. The van der Waals surface area contributed by atoms with E-state index in [2.05, 4.69) is 9.97 Å². The molecule has 2 aromatic carbocycles. The summed E-state index contributed by atoms with van der Waals surface area (Å²) in [5, 5.41) is 8.84. The molecule has 0 fully saturated rings. The van der Waals surface area contributed by atoms with E-state index >= 15 is 0 Å². The highest BCUT2D eigenvalue weighted by Crippen LogP contribution is 2.22. The summed E-state index contributed by atoms with van der Waals surface area (Å²) in [5.41, 5.74) is 1.94. The lowest BCUT2D eigenvalue weighted by molar-refractivity contribution is 0.510. The molecule has 0 aliphatic rings. The van der Waals surface area contributed by atoms with Crippen molar-refractivity contribution in [2.45, 2.75) is 0 Å². The molecule has 3 rings (SSSR count). The van der Waals surface area contributed by atoms with Crippen molar-refractivity contribution >= 4 is 11.0 Å². The Morgan fingerprint density at radius 2 is 1.89 bits per heavy atom. The first-order chi connectivity index (χ1) is 9.17. The van der Waals surface area contributed by atoms with Crippen LogP contribution in [0.3, 0.4) is 0 Å². The minimum absolute atomic E-state index is 0.344. The van der Waals surface area contributed by atoms with Gasteiger partial charge in [0, 0.05) is 17.7 Å². The Morgan fingerprint density at radius 1 is 1.11 bits per heavy atom. The average Bonchev–Trinajstić information content (AvgIpc) is 2.82. The molecule has 0 saturated carbocycles. The van der Waals surface area contributed by atoms with Crippen LogP contribution in [0, 0.1) is 23.0 Å². The molecule has 0 amide bonds. The van der Waals surface area contributed by atoms with E-state index in [1.165, 1.54) is 0 Å². The molecular weight excluding hydrogens is 248 g/mol. The van der Waals surface area contributed by atoms with Crippen molar-refractivity contribution in [1.82, 2.24) is 9.97 Å². The molecule has 0 bridgehead atoms. The summed E-state index contributed by atoms with van der Waals surface area (Å²) in [6.07, 6.45) is 0. The highest BCUT2D eigenvalue weighted by atomic mass is 19.2.